The summed E-state index contributed by atoms with van der Waals surface area (Å²) < 4.78 is 16.1. The monoisotopic (exact) mass is 370 g/mol. The SMILES string of the molecule is COc1ccccc1CNC(=O)CN1CCc2cc(OC)c(OC)cc2C1. The molecular formula is C21H26N2O4. The van der Waals surface area contributed by atoms with Crippen LogP contribution in [-0.4, -0.2) is 45.2 Å². The fourth-order valence-corrected chi connectivity index (χ4v) is 3.38. The Morgan fingerprint density at radius 2 is 1.67 bits per heavy atom. The Bertz CT molecular complexity index is 807. The van der Waals surface area contributed by atoms with Gasteiger partial charge in [-0.05, 0) is 35.7 Å². The third-order valence-corrected chi connectivity index (χ3v) is 4.83. The summed E-state index contributed by atoms with van der Waals surface area (Å²) in [6.45, 7) is 2.38. The van der Waals surface area contributed by atoms with Crippen molar-refractivity contribution in [1.29, 1.82) is 0 Å². The molecule has 0 saturated carbocycles. The molecule has 0 aromatic heterocycles. The van der Waals surface area contributed by atoms with Crippen LogP contribution in [0.2, 0.25) is 0 Å². The maximum atomic E-state index is 12.4. The molecule has 2 aromatic carbocycles. The molecule has 0 aliphatic carbocycles. The lowest BCUT2D eigenvalue weighted by Crippen LogP contribution is -2.39. The molecule has 6 heteroatoms. The van der Waals surface area contributed by atoms with Crippen molar-refractivity contribution in [3.05, 3.63) is 53.1 Å². The average molecular weight is 370 g/mol. The number of hydrogen-bond acceptors (Lipinski definition) is 5. The molecule has 3 rings (SSSR count). The summed E-state index contributed by atoms with van der Waals surface area (Å²) in [4.78, 5) is 14.5. The van der Waals surface area contributed by atoms with Crippen LogP contribution in [0, 0.1) is 0 Å². The van der Waals surface area contributed by atoms with Crippen LogP contribution in [0.1, 0.15) is 16.7 Å². The third-order valence-electron chi connectivity index (χ3n) is 4.83. The molecular weight excluding hydrogens is 344 g/mol. The second kappa shape index (κ2) is 8.77. The summed E-state index contributed by atoms with van der Waals surface area (Å²) in [6, 6.07) is 11.7. The second-order valence-corrected chi connectivity index (χ2v) is 6.53. The Kier molecular flexibility index (Phi) is 6.19. The predicted molar refractivity (Wildman–Crippen MR) is 103 cm³/mol. The number of methoxy groups -OCH3 is 3. The van der Waals surface area contributed by atoms with Crippen molar-refractivity contribution in [2.45, 2.75) is 19.5 Å². The highest BCUT2D eigenvalue weighted by Crippen LogP contribution is 2.33. The minimum absolute atomic E-state index is 0.00447. The third kappa shape index (κ3) is 4.52. The van der Waals surface area contributed by atoms with E-state index in [0.717, 1.165) is 42.3 Å². The molecule has 0 unspecified atom stereocenters. The lowest BCUT2D eigenvalue weighted by Gasteiger charge is -2.29. The molecule has 1 amide bonds. The number of para-hydroxylation sites is 1. The number of amides is 1. The Balaban J connectivity index is 1.58. The number of nitrogens with one attached hydrogen (secondary N) is 1. The first kappa shape index (κ1) is 19.0. The number of carbonyl (C=O) groups excluding carboxylic acids is 1. The van der Waals surface area contributed by atoms with Gasteiger partial charge < -0.3 is 19.5 Å². The van der Waals surface area contributed by atoms with Gasteiger partial charge in [0, 0.05) is 25.2 Å². The highest BCUT2D eigenvalue weighted by atomic mass is 16.5. The summed E-state index contributed by atoms with van der Waals surface area (Å²) in [6.07, 6.45) is 0.884. The maximum absolute atomic E-state index is 12.4. The van der Waals surface area contributed by atoms with Crippen LogP contribution in [0.3, 0.4) is 0 Å². The van der Waals surface area contributed by atoms with Gasteiger partial charge in [0.25, 0.3) is 0 Å². The number of nitrogens with zero attached hydrogens (tertiary/aromatic N) is 1. The summed E-state index contributed by atoms with van der Waals surface area (Å²) in [5, 5.41) is 2.98. The fraction of sp³-hybridized carbons (Fsp3) is 0.381. The number of benzene rings is 2. The van der Waals surface area contributed by atoms with Gasteiger partial charge in [-0.25, -0.2) is 0 Å². The van der Waals surface area contributed by atoms with Crippen LogP contribution in [0.25, 0.3) is 0 Å². The van der Waals surface area contributed by atoms with Crippen LogP contribution in [0.4, 0.5) is 0 Å². The lowest BCUT2D eigenvalue weighted by atomic mass is 9.99. The lowest BCUT2D eigenvalue weighted by molar-refractivity contribution is -0.122. The van der Waals surface area contributed by atoms with E-state index in [0.29, 0.717) is 13.1 Å². The molecule has 0 saturated heterocycles. The van der Waals surface area contributed by atoms with Crippen LogP contribution in [-0.2, 0) is 24.3 Å². The van der Waals surface area contributed by atoms with Gasteiger partial charge in [0.15, 0.2) is 11.5 Å². The van der Waals surface area contributed by atoms with Crippen LogP contribution < -0.4 is 19.5 Å². The summed E-state index contributed by atoms with van der Waals surface area (Å²) in [7, 11) is 4.91. The van der Waals surface area contributed by atoms with E-state index < -0.39 is 0 Å². The standard InChI is InChI=1S/C21H26N2O4/c1-25-18-7-5-4-6-16(18)12-22-21(24)14-23-9-8-15-10-19(26-2)20(27-3)11-17(15)13-23/h4-7,10-11H,8-9,12-14H2,1-3H3,(H,22,24). The summed E-state index contributed by atoms with van der Waals surface area (Å²) >= 11 is 0. The van der Waals surface area contributed by atoms with Gasteiger partial charge in [0.1, 0.15) is 5.75 Å². The highest BCUT2D eigenvalue weighted by Gasteiger charge is 2.21. The Hall–Kier alpha value is -2.73. The molecule has 144 valence electrons. The molecule has 1 aliphatic rings. The number of fused-ring (bicyclic) bond motifs is 1. The molecule has 0 bridgehead atoms. The van der Waals surface area contributed by atoms with Crippen molar-refractivity contribution in [2.75, 3.05) is 34.4 Å². The molecule has 2 aromatic rings. The quantitative estimate of drug-likeness (QED) is 0.811. The van der Waals surface area contributed by atoms with Crippen molar-refractivity contribution in [2.24, 2.45) is 0 Å². The first-order chi connectivity index (χ1) is 13.1. The minimum Gasteiger partial charge on any atom is -0.496 e. The topological polar surface area (TPSA) is 60.0 Å². The summed E-state index contributed by atoms with van der Waals surface area (Å²) in [5.74, 6) is 2.26. The van der Waals surface area contributed by atoms with Crippen molar-refractivity contribution in [1.82, 2.24) is 10.2 Å². The van der Waals surface area contributed by atoms with Gasteiger partial charge in [-0.1, -0.05) is 18.2 Å². The average Bonchev–Trinajstić information content (AvgIpc) is 2.71. The Labute approximate surface area is 160 Å². The van der Waals surface area contributed by atoms with E-state index in [1.807, 2.05) is 36.4 Å². The second-order valence-electron chi connectivity index (χ2n) is 6.53. The maximum Gasteiger partial charge on any atom is 0.234 e. The zero-order valence-corrected chi connectivity index (χ0v) is 16.1. The number of hydrogen-bond donors (Lipinski definition) is 1. The van der Waals surface area contributed by atoms with Crippen molar-refractivity contribution in [3.63, 3.8) is 0 Å². The molecule has 27 heavy (non-hydrogen) atoms. The van der Waals surface area contributed by atoms with E-state index in [1.165, 1.54) is 11.1 Å². The van der Waals surface area contributed by atoms with E-state index in [2.05, 4.69) is 10.2 Å². The smallest absolute Gasteiger partial charge is 0.234 e. The Morgan fingerprint density at radius 1 is 1.00 bits per heavy atom. The van der Waals surface area contributed by atoms with E-state index in [4.69, 9.17) is 14.2 Å². The first-order valence-corrected chi connectivity index (χ1v) is 8.99. The fourth-order valence-electron chi connectivity index (χ4n) is 3.38. The molecule has 0 spiro atoms. The summed E-state index contributed by atoms with van der Waals surface area (Å²) in [5.41, 5.74) is 3.39. The van der Waals surface area contributed by atoms with Gasteiger partial charge >= 0.3 is 0 Å². The molecule has 0 radical (unpaired) electrons. The van der Waals surface area contributed by atoms with E-state index >= 15 is 0 Å². The predicted octanol–water partition coefficient (Wildman–Crippen LogP) is 2.39. The Morgan fingerprint density at radius 3 is 2.37 bits per heavy atom. The number of rotatable bonds is 7. The molecule has 6 nitrogen and oxygen atoms in total. The minimum atomic E-state index is 0.00447. The van der Waals surface area contributed by atoms with Crippen molar-refractivity contribution in [3.8, 4) is 17.2 Å². The normalized spacial score (nSPS) is 13.6. The highest BCUT2D eigenvalue weighted by molar-refractivity contribution is 5.78. The van der Waals surface area contributed by atoms with Crippen LogP contribution in [0.15, 0.2) is 36.4 Å². The van der Waals surface area contributed by atoms with Gasteiger partial charge in [-0.3, -0.25) is 9.69 Å². The molecule has 1 heterocycles. The van der Waals surface area contributed by atoms with Crippen molar-refractivity contribution < 1.29 is 19.0 Å². The van der Waals surface area contributed by atoms with Gasteiger partial charge in [0.2, 0.25) is 5.91 Å². The first-order valence-electron chi connectivity index (χ1n) is 8.99. The molecule has 0 fully saturated rings. The van der Waals surface area contributed by atoms with Gasteiger partial charge in [-0.2, -0.15) is 0 Å². The number of carbonyl (C=O) groups is 1. The van der Waals surface area contributed by atoms with Gasteiger partial charge in [-0.15, -0.1) is 0 Å². The zero-order chi connectivity index (χ0) is 19.2. The van der Waals surface area contributed by atoms with Crippen LogP contribution >= 0.6 is 0 Å². The number of ether oxygens (including phenoxy) is 3. The van der Waals surface area contributed by atoms with Gasteiger partial charge in [0.05, 0.1) is 27.9 Å². The zero-order valence-electron chi connectivity index (χ0n) is 16.1. The van der Waals surface area contributed by atoms with E-state index in [9.17, 15) is 4.79 Å². The van der Waals surface area contributed by atoms with E-state index in [1.54, 1.807) is 21.3 Å². The molecule has 1 aliphatic heterocycles. The molecule has 0 atom stereocenters. The van der Waals surface area contributed by atoms with Crippen LogP contribution in [0.5, 0.6) is 17.2 Å². The largest absolute Gasteiger partial charge is 0.496 e. The van der Waals surface area contributed by atoms with E-state index in [-0.39, 0.29) is 5.91 Å². The van der Waals surface area contributed by atoms with Crippen molar-refractivity contribution >= 4 is 5.91 Å². The molecule has 1 N–H and O–H groups in total.